The van der Waals surface area contributed by atoms with E-state index in [0.29, 0.717) is 6.61 Å². The SMILES string of the molecule is CS(C)(C)CCOCn1ncc(C(=O)NN)cc1=O. The van der Waals surface area contributed by atoms with E-state index in [1.165, 1.54) is 12.3 Å². The van der Waals surface area contributed by atoms with E-state index < -0.39 is 21.5 Å². The van der Waals surface area contributed by atoms with E-state index in [2.05, 4.69) is 23.9 Å². The molecule has 0 unspecified atom stereocenters. The van der Waals surface area contributed by atoms with Gasteiger partial charge in [0.15, 0.2) is 0 Å². The fraction of sp³-hybridized carbons (Fsp3) is 0.545. The highest BCUT2D eigenvalue weighted by Gasteiger charge is 2.07. The van der Waals surface area contributed by atoms with Crippen molar-refractivity contribution in [3.8, 4) is 0 Å². The Morgan fingerprint density at radius 2 is 2.21 bits per heavy atom. The molecule has 1 rings (SSSR count). The normalized spacial score (nSPS) is 12.2. The van der Waals surface area contributed by atoms with Crippen LogP contribution in [0.5, 0.6) is 0 Å². The van der Waals surface area contributed by atoms with E-state index in [9.17, 15) is 9.59 Å². The van der Waals surface area contributed by atoms with Crippen LogP contribution in [0.4, 0.5) is 0 Å². The van der Waals surface area contributed by atoms with E-state index in [1.807, 2.05) is 5.43 Å². The summed E-state index contributed by atoms with van der Waals surface area (Å²) < 4.78 is 6.56. The molecule has 8 heteroatoms. The molecule has 19 heavy (non-hydrogen) atoms. The number of nitrogens with zero attached hydrogens (tertiary/aromatic N) is 2. The van der Waals surface area contributed by atoms with Gasteiger partial charge in [0.2, 0.25) is 0 Å². The zero-order chi connectivity index (χ0) is 14.5. The number of rotatable bonds is 6. The van der Waals surface area contributed by atoms with Gasteiger partial charge in [-0.25, -0.2) is 20.6 Å². The minimum Gasteiger partial charge on any atom is -0.358 e. The van der Waals surface area contributed by atoms with Gasteiger partial charge in [0, 0.05) is 11.8 Å². The third-order valence-corrected chi connectivity index (χ3v) is 3.71. The Labute approximate surface area is 113 Å². The fourth-order valence-corrected chi connectivity index (χ4v) is 1.82. The molecule has 108 valence electrons. The lowest BCUT2D eigenvalue weighted by Crippen LogP contribution is -2.32. The standard InChI is InChI=1S/C11H20N4O3S/c1-19(2,3)5-4-18-8-15-10(16)6-9(7-13-15)11(17)14-12/h6-7H,4-5,8,12H2,1-3H3,(H,14,17). The van der Waals surface area contributed by atoms with Crippen molar-refractivity contribution < 1.29 is 9.53 Å². The molecule has 0 aliphatic heterocycles. The van der Waals surface area contributed by atoms with Gasteiger partial charge in [-0.3, -0.25) is 15.0 Å². The zero-order valence-electron chi connectivity index (χ0n) is 11.4. The van der Waals surface area contributed by atoms with Crippen LogP contribution in [0.25, 0.3) is 0 Å². The summed E-state index contributed by atoms with van der Waals surface area (Å²) in [5.74, 6) is 5.39. The average molecular weight is 288 g/mol. The van der Waals surface area contributed by atoms with Crippen molar-refractivity contribution >= 4 is 15.9 Å². The maximum atomic E-state index is 11.7. The largest absolute Gasteiger partial charge is 0.358 e. The van der Waals surface area contributed by atoms with Crippen LogP contribution in [0.15, 0.2) is 17.1 Å². The summed E-state index contributed by atoms with van der Waals surface area (Å²) in [6.07, 6.45) is 7.87. The molecule has 0 aliphatic carbocycles. The van der Waals surface area contributed by atoms with Gasteiger partial charge in [0.25, 0.3) is 11.5 Å². The number of aromatic nitrogens is 2. The van der Waals surface area contributed by atoms with Crippen molar-refractivity contribution in [2.45, 2.75) is 6.73 Å². The topological polar surface area (TPSA) is 99.2 Å². The Morgan fingerprint density at radius 1 is 1.53 bits per heavy atom. The first-order valence-electron chi connectivity index (χ1n) is 5.65. The zero-order valence-corrected chi connectivity index (χ0v) is 12.2. The van der Waals surface area contributed by atoms with Crippen molar-refractivity contribution in [2.75, 3.05) is 31.1 Å². The predicted molar refractivity (Wildman–Crippen MR) is 76.3 cm³/mol. The van der Waals surface area contributed by atoms with Crippen molar-refractivity contribution in [3.63, 3.8) is 0 Å². The number of nitrogens with two attached hydrogens (primary N) is 1. The summed E-state index contributed by atoms with van der Waals surface area (Å²) in [5, 5.41) is 3.85. The number of hydrogen-bond donors (Lipinski definition) is 2. The molecule has 0 atom stereocenters. The number of ether oxygens (including phenoxy) is 1. The molecule has 0 bridgehead atoms. The van der Waals surface area contributed by atoms with Crippen LogP contribution in [0, 0.1) is 0 Å². The second-order valence-electron chi connectivity index (χ2n) is 4.89. The Hall–Kier alpha value is -1.38. The monoisotopic (exact) mass is 288 g/mol. The van der Waals surface area contributed by atoms with Crippen molar-refractivity contribution in [2.24, 2.45) is 5.84 Å². The van der Waals surface area contributed by atoms with Crippen molar-refractivity contribution in [1.82, 2.24) is 15.2 Å². The molecule has 1 aromatic heterocycles. The second kappa shape index (κ2) is 6.69. The second-order valence-corrected chi connectivity index (χ2v) is 9.48. The van der Waals surface area contributed by atoms with Crippen LogP contribution in [-0.4, -0.2) is 46.8 Å². The Morgan fingerprint density at radius 3 is 2.74 bits per heavy atom. The smallest absolute Gasteiger partial charge is 0.269 e. The van der Waals surface area contributed by atoms with Crippen LogP contribution in [-0.2, 0) is 11.5 Å². The van der Waals surface area contributed by atoms with Gasteiger partial charge in [0.1, 0.15) is 6.73 Å². The molecule has 0 aliphatic rings. The van der Waals surface area contributed by atoms with Crippen LogP contribution >= 0.6 is 10.0 Å². The fourth-order valence-electron chi connectivity index (χ4n) is 1.20. The number of amides is 1. The van der Waals surface area contributed by atoms with Gasteiger partial charge in [-0.15, -0.1) is 0 Å². The average Bonchev–Trinajstić information content (AvgIpc) is 2.33. The maximum Gasteiger partial charge on any atom is 0.269 e. The third kappa shape index (κ3) is 5.41. The summed E-state index contributed by atoms with van der Waals surface area (Å²) in [6.45, 7) is 0.664. The quantitative estimate of drug-likeness (QED) is 0.319. The van der Waals surface area contributed by atoms with Crippen LogP contribution in [0.1, 0.15) is 10.4 Å². The summed E-state index contributed by atoms with van der Waals surface area (Å²) >= 11 is 0. The molecule has 0 aromatic carbocycles. The van der Waals surface area contributed by atoms with Crippen LogP contribution in [0.2, 0.25) is 0 Å². The summed E-state index contributed by atoms with van der Waals surface area (Å²) in [7, 11) is -0.610. The first-order valence-corrected chi connectivity index (χ1v) is 8.68. The van der Waals surface area contributed by atoms with E-state index in [-0.39, 0.29) is 12.3 Å². The van der Waals surface area contributed by atoms with Gasteiger partial charge in [-0.1, -0.05) is 0 Å². The van der Waals surface area contributed by atoms with E-state index in [4.69, 9.17) is 10.6 Å². The van der Waals surface area contributed by atoms with Crippen LogP contribution in [0.3, 0.4) is 0 Å². The number of carbonyl (C=O) groups is 1. The molecule has 0 spiro atoms. The highest BCUT2D eigenvalue weighted by molar-refractivity contribution is 8.32. The molecule has 0 fully saturated rings. The number of nitrogens with one attached hydrogen (secondary N) is 1. The van der Waals surface area contributed by atoms with E-state index in [0.717, 1.165) is 10.4 Å². The number of nitrogen functional groups attached to an aromatic ring is 1. The Kier molecular flexibility index (Phi) is 5.52. The van der Waals surface area contributed by atoms with Gasteiger partial charge in [-0.2, -0.15) is 5.10 Å². The number of carbonyl (C=O) groups excluding carboxylic acids is 1. The Balaban J connectivity index is 2.56. The minimum absolute atomic E-state index is 0.0822. The number of hydrazine groups is 1. The van der Waals surface area contributed by atoms with Crippen molar-refractivity contribution in [3.05, 3.63) is 28.2 Å². The highest BCUT2D eigenvalue weighted by Crippen LogP contribution is 2.33. The first-order chi connectivity index (χ1) is 8.83. The minimum atomic E-state index is -0.610. The summed E-state index contributed by atoms with van der Waals surface area (Å²) in [4.78, 5) is 22.9. The lowest BCUT2D eigenvalue weighted by Gasteiger charge is -2.24. The Bertz CT molecular complexity index is 495. The third-order valence-electron chi connectivity index (χ3n) is 2.32. The summed E-state index contributed by atoms with van der Waals surface area (Å²) in [6, 6.07) is 1.17. The summed E-state index contributed by atoms with van der Waals surface area (Å²) in [5.41, 5.74) is 1.67. The molecular formula is C11H20N4O3S. The van der Waals surface area contributed by atoms with Gasteiger partial charge in [-0.05, 0) is 18.8 Å². The predicted octanol–water partition coefficient (Wildman–Crippen LogP) is -0.485. The molecular weight excluding hydrogens is 268 g/mol. The van der Waals surface area contributed by atoms with E-state index >= 15 is 0 Å². The van der Waals surface area contributed by atoms with Gasteiger partial charge >= 0.3 is 0 Å². The number of hydrogen-bond acceptors (Lipinski definition) is 5. The molecule has 3 N–H and O–H groups in total. The molecule has 0 saturated carbocycles. The molecule has 1 aromatic rings. The van der Waals surface area contributed by atoms with Crippen molar-refractivity contribution in [1.29, 1.82) is 0 Å². The van der Waals surface area contributed by atoms with Gasteiger partial charge < -0.3 is 4.74 Å². The lowest BCUT2D eigenvalue weighted by atomic mass is 10.3. The first kappa shape index (κ1) is 15.7. The molecule has 1 amide bonds. The molecule has 0 saturated heterocycles. The molecule has 7 nitrogen and oxygen atoms in total. The van der Waals surface area contributed by atoms with Crippen LogP contribution < -0.4 is 16.8 Å². The maximum absolute atomic E-state index is 11.7. The lowest BCUT2D eigenvalue weighted by molar-refractivity contribution is 0.0768. The molecule has 1 heterocycles. The van der Waals surface area contributed by atoms with E-state index in [1.54, 1.807) is 0 Å². The van der Waals surface area contributed by atoms with Gasteiger partial charge in [0.05, 0.1) is 18.4 Å². The highest BCUT2D eigenvalue weighted by atomic mass is 32.3. The molecule has 0 radical (unpaired) electrons.